The zero-order chi connectivity index (χ0) is 19.9. The van der Waals surface area contributed by atoms with Gasteiger partial charge in [-0.15, -0.1) is 17.5 Å². The topological polar surface area (TPSA) is 101 Å². The number of hydrogen-bond acceptors (Lipinski definition) is 5. The summed E-state index contributed by atoms with van der Waals surface area (Å²) in [7, 11) is 0. The van der Waals surface area contributed by atoms with Crippen molar-refractivity contribution in [1.29, 1.82) is 0 Å². The van der Waals surface area contributed by atoms with Crippen LogP contribution < -0.4 is 16.0 Å². The average molecular weight is 441 g/mol. The number of aryl methyl sites for hydroxylation is 1. The summed E-state index contributed by atoms with van der Waals surface area (Å²) in [6.45, 7) is 4.13. The molecule has 158 valence electrons. The number of rotatable bonds is 7. The van der Waals surface area contributed by atoms with E-state index in [2.05, 4.69) is 26.3 Å². The highest BCUT2D eigenvalue weighted by Crippen LogP contribution is 2.21. The molecule has 1 saturated heterocycles. The van der Waals surface area contributed by atoms with Crippen LogP contribution in [0.2, 0.25) is 5.02 Å². The monoisotopic (exact) mass is 440 g/mol. The molecule has 1 aliphatic rings. The van der Waals surface area contributed by atoms with Gasteiger partial charge in [0.15, 0.2) is 5.69 Å². The van der Waals surface area contributed by atoms with E-state index in [1.807, 2.05) is 6.92 Å². The van der Waals surface area contributed by atoms with Crippen LogP contribution in [0.4, 0.5) is 5.69 Å². The van der Waals surface area contributed by atoms with E-state index in [4.69, 9.17) is 11.6 Å². The molecule has 1 unspecified atom stereocenters. The van der Waals surface area contributed by atoms with Crippen LogP contribution in [-0.4, -0.2) is 45.9 Å². The maximum atomic E-state index is 12.4. The molecule has 1 fully saturated rings. The van der Waals surface area contributed by atoms with Crippen molar-refractivity contribution in [3.8, 4) is 0 Å². The van der Waals surface area contributed by atoms with Crippen molar-refractivity contribution in [2.45, 2.75) is 45.2 Å². The Morgan fingerprint density at radius 2 is 2.14 bits per heavy atom. The van der Waals surface area contributed by atoms with E-state index < -0.39 is 0 Å². The SMILES string of the molecule is CCNC(=O)c1ccc(NC(=O)c2cn(CCC3CCCCN3)nn2)cc1Cl.Cl. The normalized spacial score (nSPS) is 16.0. The fourth-order valence-corrected chi connectivity index (χ4v) is 3.46. The zero-order valence-electron chi connectivity index (χ0n) is 16.3. The van der Waals surface area contributed by atoms with Crippen LogP contribution >= 0.6 is 24.0 Å². The van der Waals surface area contributed by atoms with Gasteiger partial charge < -0.3 is 16.0 Å². The van der Waals surface area contributed by atoms with E-state index in [-0.39, 0.29) is 34.9 Å². The fraction of sp³-hybridized carbons (Fsp3) is 0.474. The van der Waals surface area contributed by atoms with E-state index in [0.717, 1.165) is 13.0 Å². The molecular weight excluding hydrogens is 415 g/mol. The van der Waals surface area contributed by atoms with Gasteiger partial charge in [-0.3, -0.25) is 14.3 Å². The minimum Gasteiger partial charge on any atom is -0.352 e. The molecule has 1 aliphatic heterocycles. The second kappa shape index (κ2) is 11.1. The van der Waals surface area contributed by atoms with E-state index >= 15 is 0 Å². The quantitative estimate of drug-likeness (QED) is 0.614. The predicted octanol–water partition coefficient (Wildman–Crippen LogP) is 2.89. The molecule has 10 heteroatoms. The molecule has 0 aliphatic carbocycles. The number of hydrogen-bond donors (Lipinski definition) is 3. The van der Waals surface area contributed by atoms with Gasteiger partial charge in [-0.2, -0.15) is 0 Å². The summed E-state index contributed by atoms with van der Waals surface area (Å²) in [5.41, 5.74) is 1.09. The Bertz CT molecular complexity index is 836. The summed E-state index contributed by atoms with van der Waals surface area (Å²) in [5.74, 6) is -0.621. The van der Waals surface area contributed by atoms with Gasteiger partial charge in [-0.1, -0.05) is 23.2 Å². The number of carbonyl (C=O) groups is 2. The first-order chi connectivity index (χ1) is 13.6. The summed E-state index contributed by atoms with van der Waals surface area (Å²) in [4.78, 5) is 24.3. The number of piperidine rings is 1. The van der Waals surface area contributed by atoms with Gasteiger partial charge >= 0.3 is 0 Å². The van der Waals surface area contributed by atoms with Crippen LogP contribution in [0, 0.1) is 0 Å². The Morgan fingerprint density at radius 3 is 2.83 bits per heavy atom. The maximum absolute atomic E-state index is 12.4. The Labute approximate surface area is 181 Å². The van der Waals surface area contributed by atoms with Crippen LogP contribution in [-0.2, 0) is 6.54 Å². The van der Waals surface area contributed by atoms with Crippen molar-refractivity contribution in [2.75, 3.05) is 18.4 Å². The highest BCUT2D eigenvalue weighted by Gasteiger charge is 2.16. The van der Waals surface area contributed by atoms with E-state index in [1.165, 1.54) is 19.3 Å². The summed E-state index contributed by atoms with van der Waals surface area (Å²) >= 11 is 6.16. The number of aromatic nitrogens is 3. The van der Waals surface area contributed by atoms with Crippen LogP contribution in [0.3, 0.4) is 0 Å². The molecule has 0 spiro atoms. The van der Waals surface area contributed by atoms with Crippen LogP contribution in [0.1, 0.15) is 53.5 Å². The van der Waals surface area contributed by atoms with Crippen LogP contribution in [0.15, 0.2) is 24.4 Å². The lowest BCUT2D eigenvalue weighted by Gasteiger charge is -2.23. The summed E-state index contributed by atoms with van der Waals surface area (Å²) in [6.07, 6.45) is 6.27. The molecule has 0 saturated carbocycles. The first-order valence-corrected chi connectivity index (χ1v) is 9.97. The van der Waals surface area contributed by atoms with Crippen molar-refractivity contribution in [1.82, 2.24) is 25.6 Å². The summed E-state index contributed by atoms with van der Waals surface area (Å²) in [6, 6.07) is 5.26. The van der Waals surface area contributed by atoms with Gasteiger partial charge in [0.2, 0.25) is 0 Å². The molecule has 2 heterocycles. The number of carbonyl (C=O) groups excluding carboxylic acids is 2. The van der Waals surface area contributed by atoms with Crippen molar-refractivity contribution >= 4 is 41.5 Å². The standard InChI is InChI=1S/C19H25ClN6O2.ClH/c1-2-21-18(27)15-7-6-14(11-16(15)20)23-19(28)17-12-26(25-24-17)10-8-13-5-3-4-9-22-13;/h6-7,11-13,22H,2-5,8-10H2,1H3,(H,21,27)(H,23,28);1H. The van der Waals surface area contributed by atoms with Crippen molar-refractivity contribution in [3.63, 3.8) is 0 Å². The Kier molecular flexibility index (Phi) is 8.88. The molecule has 0 bridgehead atoms. The molecule has 0 radical (unpaired) electrons. The number of nitrogens with zero attached hydrogens (tertiary/aromatic N) is 3. The van der Waals surface area contributed by atoms with Gasteiger partial charge in [0.25, 0.3) is 11.8 Å². The molecule has 29 heavy (non-hydrogen) atoms. The Hall–Kier alpha value is -2.16. The van der Waals surface area contributed by atoms with E-state index in [0.29, 0.717) is 30.4 Å². The molecule has 8 nitrogen and oxygen atoms in total. The third-order valence-corrected chi connectivity index (χ3v) is 5.01. The average Bonchev–Trinajstić information content (AvgIpc) is 3.17. The maximum Gasteiger partial charge on any atom is 0.277 e. The lowest BCUT2D eigenvalue weighted by atomic mass is 10.0. The van der Waals surface area contributed by atoms with Crippen molar-refractivity contribution < 1.29 is 9.59 Å². The number of benzene rings is 1. The Morgan fingerprint density at radius 1 is 1.31 bits per heavy atom. The highest BCUT2D eigenvalue weighted by atomic mass is 35.5. The van der Waals surface area contributed by atoms with E-state index in [9.17, 15) is 9.59 Å². The lowest BCUT2D eigenvalue weighted by molar-refractivity contribution is 0.0955. The van der Waals surface area contributed by atoms with Crippen LogP contribution in [0.25, 0.3) is 0 Å². The van der Waals surface area contributed by atoms with Crippen molar-refractivity contribution in [2.24, 2.45) is 0 Å². The smallest absolute Gasteiger partial charge is 0.277 e. The molecular formula is C19H26Cl2N6O2. The number of amides is 2. The first kappa shape index (κ1) is 23.1. The van der Waals surface area contributed by atoms with Gasteiger partial charge in [-0.25, -0.2) is 0 Å². The lowest BCUT2D eigenvalue weighted by Crippen LogP contribution is -2.34. The number of nitrogens with one attached hydrogen (secondary N) is 3. The molecule has 2 amide bonds. The molecule has 3 rings (SSSR count). The Balaban J connectivity index is 0.00000300. The summed E-state index contributed by atoms with van der Waals surface area (Å²) < 4.78 is 1.69. The molecule has 1 aromatic carbocycles. The fourth-order valence-electron chi connectivity index (χ4n) is 3.20. The first-order valence-electron chi connectivity index (χ1n) is 9.59. The largest absolute Gasteiger partial charge is 0.352 e. The van der Waals surface area contributed by atoms with E-state index in [1.54, 1.807) is 29.1 Å². The van der Waals surface area contributed by atoms with Gasteiger partial charge in [0.1, 0.15) is 0 Å². The number of anilines is 1. The molecule has 3 N–H and O–H groups in total. The number of halogens is 2. The third kappa shape index (κ3) is 6.42. The minimum atomic E-state index is -0.371. The highest BCUT2D eigenvalue weighted by molar-refractivity contribution is 6.34. The van der Waals surface area contributed by atoms with Gasteiger partial charge in [-0.05, 0) is 50.9 Å². The third-order valence-electron chi connectivity index (χ3n) is 4.70. The zero-order valence-corrected chi connectivity index (χ0v) is 17.9. The second-order valence-corrected chi connectivity index (χ2v) is 7.22. The molecule has 1 aromatic heterocycles. The predicted molar refractivity (Wildman–Crippen MR) is 115 cm³/mol. The van der Waals surface area contributed by atoms with Gasteiger partial charge in [0.05, 0.1) is 16.8 Å². The second-order valence-electron chi connectivity index (χ2n) is 6.81. The van der Waals surface area contributed by atoms with Crippen molar-refractivity contribution in [3.05, 3.63) is 40.7 Å². The van der Waals surface area contributed by atoms with Crippen LogP contribution in [0.5, 0.6) is 0 Å². The minimum absolute atomic E-state index is 0. The molecule has 2 aromatic rings. The molecule has 1 atom stereocenters. The summed E-state index contributed by atoms with van der Waals surface area (Å²) in [5, 5.41) is 17.2. The van der Waals surface area contributed by atoms with Gasteiger partial charge in [0, 0.05) is 24.8 Å².